The molecule has 7 heteroatoms. The number of nitrogens with one attached hydrogen (secondary N) is 1. The molecule has 1 saturated heterocycles. The Bertz CT molecular complexity index is 705. The number of nitrogens with zero attached hydrogens (tertiary/aromatic N) is 2. The molecule has 136 valence electrons. The quantitative estimate of drug-likeness (QED) is 0.732. The van der Waals surface area contributed by atoms with Crippen LogP contribution in [0, 0.1) is 0 Å². The van der Waals surface area contributed by atoms with E-state index in [-0.39, 0.29) is 12.1 Å². The molecule has 25 heavy (non-hydrogen) atoms. The first kappa shape index (κ1) is 18.6. The molecule has 1 aromatic heterocycles. The van der Waals surface area contributed by atoms with E-state index >= 15 is 0 Å². The van der Waals surface area contributed by atoms with Gasteiger partial charge in [-0.2, -0.15) is 11.8 Å². The molecule has 1 aliphatic carbocycles. The zero-order chi connectivity index (χ0) is 18.0. The van der Waals surface area contributed by atoms with Gasteiger partial charge in [0, 0.05) is 18.1 Å². The Hall–Kier alpha value is -1.21. The predicted octanol–water partition coefficient (Wildman–Crippen LogP) is 4.89. The average Bonchev–Trinajstić information content (AvgIpc) is 3.04. The summed E-state index contributed by atoms with van der Waals surface area (Å²) in [4.78, 5) is 22.4. The average molecular weight is 426 g/mol. The van der Waals surface area contributed by atoms with Gasteiger partial charge in [-0.1, -0.05) is 28.1 Å². The van der Waals surface area contributed by atoms with E-state index in [0.717, 1.165) is 35.9 Å². The smallest absolute Gasteiger partial charge is 0.410 e. The highest BCUT2D eigenvalue weighted by atomic mass is 79.9. The Labute approximate surface area is 161 Å². The van der Waals surface area contributed by atoms with Crippen LogP contribution in [0.3, 0.4) is 0 Å². The van der Waals surface area contributed by atoms with Gasteiger partial charge >= 0.3 is 6.09 Å². The Morgan fingerprint density at radius 2 is 2.20 bits per heavy atom. The van der Waals surface area contributed by atoms with Crippen LogP contribution in [0.4, 0.5) is 4.79 Å². The van der Waals surface area contributed by atoms with Crippen LogP contribution in [0.25, 0.3) is 5.57 Å². The fourth-order valence-corrected chi connectivity index (χ4v) is 4.26. The van der Waals surface area contributed by atoms with E-state index in [9.17, 15) is 4.79 Å². The van der Waals surface area contributed by atoms with Crippen molar-refractivity contribution in [1.82, 2.24) is 14.9 Å². The zero-order valence-corrected chi connectivity index (χ0v) is 17.2. The summed E-state index contributed by atoms with van der Waals surface area (Å²) in [6.45, 7) is 6.36. The van der Waals surface area contributed by atoms with E-state index in [4.69, 9.17) is 4.74 Å². The Kier molecular flexibility index (Phi) is 5.63. The van der Waals surface area contributed by atoms with E-state index in [1.807, 2.05) is 38.7 Å². The number of hydrogen-bond donors (Lipinski definition) is 1. The van der Waals surface area contributed by atoms with Crippen LogP contribution < -0.4 is 0 Å². The maximum Gasteiger partial charge on any atom is 0.410 e. The predicted molar refractivity (Wildman–Crippen MR) is 106 cm³/mol. The van der Waals surface area contributed by atoms with Gasteiger partial charge in [-0.05, 0) is 43.7 Å². The van der Waals surface area contributed by atoms with Crippen molar-refractivity contribution in [1.29, 1.82) is 0 Å². The lowest BCUT2D eigenvalue weighted by molar-refractivity contribution is 0.0178. The molecule has 0 radical (unpaired) electrons. The zero-order valence-electron chi connectivity index (χ0n) is 14.8. The highest BCUT2D eigenvalue weighted by molar-refractivity contribution is 9.11. The summed E-state index contributed by atoms with van der Waals surface area (Å²) in [5, 5.41) is 0. The van der Waals surface area contributed by atoms with Gasteiger partial charge in [0.25, 0.3) is 0 Å². The van der Waals surface area contributed by atoms with E-state index < -0.39 is 5.60 Å². The first-order valence-electron chi connectivity index (χ1n) is 8.51. The number of ether oxygens (including phenoxy) is 1. The van der Waals surface area contributed by atoms with Gasteiger partial charge in [-0.15, -0.1) is 0 Å². The summed E-state index contributed by atoms with van der Waals surface area (Å²) in [6.07, 6.45) is 7.80. The third-order valence-corrected chi connectivity index (χ3v) is 5.80. The third kappa shape index (κ3) is 4.70. The first-order chi connectivity index (χ1) is 11.8. The molecule has 1 N–H and O–H groups in total. The van der Waals surface area contributed by atoms with Crippen molar-refractivity contribution in [3.63, 3.8) is 0 Å². The summed E-state index contributed by atoms with van der Waals surface area (Å²) in [6, 6.07) is -0.0752. The molecule has 5 nitrogen and oxygen atoms in total. The van der Waals surface area contributed by atoms with Crippen LogP contribution in [0.1, 0.15) is 51.2 Å². The van der Waals surface area contributed by atoms with Crippen LogP contribution in [-0.4, -0.2) is 44.6 Å². The van der Waals surface area contributed by atoms with Crippen LogP contribution >= 0.6 is 27.7 Å². The largest absolute Gasteiger partial charge is 0.444 e. The number of carbonyl (C=O) groups is 1. The van der Waals surface area contributed by atoms with Crippen molar-refractivity contribution in [3.8, 4) is 0 Å². The van der Waals surface area contributed by atoms with Gasteiger partial charge in [-0.3, -0.25) is 4.90 Å². The summed E-state index contributed by atoms with van der Waals surface area (Å²) >= 11 is 5.38. The molecule has 1 atom stereocenters. The molecule has 1 aliphatic heterocycles. The molecular weight excluding hydrogens is 402 g/mol. The minimum Gasteiger partial charge on any atom is -0.444 e. The number of allylic oxidation sites excluding steroid dienone is 4. The number of imidazole rings is 1. The van der Waals surface area contributed by atoms with Gasteiger partial charge in [0.05, 0.1) is 11.9 Å². The number of thioether (sulfide) groups is 1. The SMILES string of the molecule is CC(C)(C)OC(=O)N1CCSCC1c1ncc(C2=CC=C(Br)CC2)[nH]1. The molecule has 0 aromatic carbocycles. The number of halogens is 1. The fraction of sp³-hybridized carbons (Fsp3) is 0.556. The number of rotatable bonds is 2. The number of amides is 1. The normalized spacial score (nSPS) is 21.6. The number of H-pyrrole nitrogens is 1. The first-order valence-corrected chi connectivity index (χ1v) is 10.5. The van der Waals surface area contributed by atoms with Crippen LogP contribution in [0.2, 0.25) is 0 Å². The minimum absolute atomic E-state index is 0.0752. The van der Waals surface area contributed by atoms with Crippen molar-refractivity contribution < 1.29 is 9.53 Å². The van der Waals surface area contributed by atoms with Crippen LogP contribution in [-0.2, 0) is 4.74 Å². The number of carbonyl (C=O) groups excluding carboxylic acids is 1. The molecule has 1 aromatic rings. The monoisotopic (exact) mass is 425 g/mol. The van der Waals surface area contributed by atoms with Crippen molar-refractivity contribution in [2.24, 2.45) is 0 Å². The molecule has 0 spiro atoms. The molecule has 0 bridgehead atoms. The topological polar surface area (TPSA) is 58.2 Å². The Morgan fingerprint density at radius 1 is 1.40 bits per heavy atom. The Balaban J connectivity index is 1.78. The van der Waals surface area contributed by atoms with E-state index in [1.165, 1.54) is 10.1 Å². The lowest BCUT2D eigenvalue weighted by atomic mass is 10.0. The molecular formula is C18H24BrN3O2S. The number of aromatic amines is 1. The minimum atomic E-state index is -0.493. The molecule has 1 amide bonds. The van der Waals surface area contributed by atoms with Crippen molar-refractivity contribution in [2.75, 3.05) is 18.1 Å². The van der Waals surface area contributed by atoms with E-state index in [2.05, 4.69) is 38.0 Å². The van der Waals surface area contributed by atoms with Crippen molar-refractivity contribution >= 4 is 39.4 Å². The Morgan fingerprint density at radius 3 is 2.88 bits per heavy atom. The van der Waals surface area contributed by atoms with Gasteiger partial charge < -0.3 is 9.72 Å². The summed E-state index contributed by atoms with van der Waals surface area (Å²) in [7, 11) is 0. The molecule has 0 saturated carbocycles. The summed E-state index contributed by atoms with van der Waals surface area (Å²) in [5.74, 6) is 2.59. The number of aromatic nitrogens is 2. The lowest BCUT2D eigenvalue weighted by Crippen LogP contribution is -2.44. The van der Waals surface area contributed by atoms with Gasteiger partial charge in [0.1, 0.15) is 17.5 Å². The second-order valence-corrected chi connectivity index (χ2v) is 9.42. The molecule has 1 fully saturated rings. The standard InChI is InChI=1S/C18H24BrN3O2S/c1-18(2,3)24-17(23)22-8-9-25-11-15(22)16-20-10-14(21-16)12-4-6-13(19)7-5-12/h4,6,10,15H,5,7-9,11H2,1-3H3,(H,20,21). The maximum atomic E-state index is 12.6. The van der Waals surface area contributed by atoms with Crippen LogP contribution in [0.15, 0.2) is 22.8 Å². The third-order valence-electron chi connectivity index (χ3n) is 4.11. The lowest BCUT2D eigenvalue weighted by Gasteiger charge is -2.35. The van der Waals surface area contributed by atoms with E-state index in [1.54, 1.807) is 4.90 Å². The molecule has 3 rings (SSSR count). The summed E-state index contributed by atoms with van der Waals surface area (Å²) in [5.41, 5.74) is 1.79. The number of hydrogen-bond acceptors (Lipinski definition) is 4. The fourth-order valence-electron chi connectivity index (χ4n) is 2.87. The molecule has 1 unspecified atom stereocenters. The molecule has 2 heterocycles. The second-order valence-electron chi connectivity index (χ2n) is 7.25. The van der Waals surface area contributed by atoms with Crippen LogP contribution in [0.5, 0.6) is 0 Å². The highest BCUT2D eigenvalue weighted by Crippen LogP contribution is 2.32. The maximum absolute atomic E-state index is 12.6. The van der Waals surface area contributed by atoms with Gasteiger partial charge in [0.15, 0.2) is 0 Å². The summed E-state index contributed by atoms with van der Waals surface area (Å²) < 4.78 is 6.79. The van der Waals surface area contributed by atoms with E-state index in [0.29, 0.717) is 6.54 Å². The van der Waals surface area contributed by atoms with Gasteiger partial charge in [0.2, 0.25) is 0 Å². The van der Waals surface area contributed by atoms with Crippen molar-refractivity contribution in [2.45, 2.75) is 45.3 Å². The highest BCUT2D eigenvalue weighted by Gasteiger charge is 2.33. The molecule has 2 aliphatic rings. The van der Waals surface area contributed by atoms with Crippen molar-refractivity contribution in [3.05, 3.63) is 34.3 Å². The second kappa shape index (κ2) is 7.58. The van der Waals surface area contributed by atoms with Gasteiger partial charge in [-0.25, -0.2) is 9.78 Å².